The van der Waals surface area contributed by atoms with Crippen LogP contribution < -0.4 is 16.0 Å². The SMILES string of the molecule is CC(C)(C)C[C@H]1N[C@@H](C(=O)NC[C@H](O)CCO)[C@H](c2ccc(F)c(Cl)c2)[C@@]12C(=O)Nc1cc(Cl)c(F)cc12. The van der Waals surface area contributed by atoms with Crippen molar-refractivity contribution >= 4 is 40.7 Å². The van der Waals surface area contributed by atoms with Crippen LogP contribution in [-0.4, -0.2) is 53.4 Å². The molecule has 2 aliphatic heterocycles. The fraction of sp³-hybridized carbons (Fsp3) is 0.481. The second-order valence-corrected chi connectivity index (χ2v) is 12.0. The van der Waals surface area contributed by atoms with E-state index in [1.54, 1.807) is 0 Å². The summed E-state index contributed by atoms with van der Waals surface area (Å²) in [5.74, 6) is -3.27. The zero-order valence-electron chi connectivity index (χ0n) is 21.2. The number of fused-ring (bicyclic) bond motifs is 2. The first-order chi connectivity index (χ1) is 17.8. The second kappa shape index (κ2) is 10.7. The number of nitrogens with one attached hydrogen (secondary N) is 3. The molecule has 0 unspecified atom stereocenters. The fourth-order valence-corrected chi connectivity index (χ4v) is 6.07. The number of benzene rings is 2. The molecule has 4 rings (SSSR count). The van der Waals surface area contributed by atoms with E-state index in [9.17, 15) is 23.5 Å². The van der Waals surface area contributed by atoms with Gasteiger partial charge in [0.05, 0.1) is 22.2 Å². The van der Waals surface area contributed by atoms with Crippen molar-refractivity contribution in [2.45, 2.75) is 63.1 Å². The Morgan fingerprint density at radius 2 is 1.84 bits per heavy atom. The first-order valence-electron chi connectivity index (χ1n) is 12.4. The summed E-state index contributed by atoms with van der Waals surface area (Å²) in [6.45, 7) is 5.58. The Morgan fingerprint density at radius 3 is 2.47 bits per heavy atom. The Hall–Kier alpha value is -2.30. The minimum absolute atomic E-state index is 0.0712. The minimum Gasteiger partial charge on any atom is -0.396 e. The lowest BCUT2D eigenvalue weighted by Gasteiger charge is -2.37. The van der Waals surface area contributed by atoms with Crippen molar-refractivity contribution in [3.63, 3.8) is 0 Å². The van der Waals surface area contributed by atoms with Crippen molar-refractivity contribution < 1.29 is 28.6 Å². The fourth-order valence-electron chi connectivity index (χ4n) is 5.72. The van der Waals surface area contributed by atoms with Crippen molar-refractivity contribution in [3.05, 3.63) is 63.1 Å². The van der Waals surface area contributed by atoms with Gasteiger partial charge >= 0.3 is 0 Å². The molecule has 5 N–H and O–H groups in total. The maximum atomic E-state index is 14.9. The van der Waals surface area contributed by atoms with Crippen LogP contribution in [0.5, 0.6) is 0 Å². The molecule has 0 aliphatic carbocycles. The van der Waals surface area contributed by atoms with Crippen LogP contribution in [0.3, 0.4) is 0 Å². The summed E-state index contributed by atoms with van der Waals surface area (Å²) in [5.41, 5.74) is -0.700. The lowest BCUT2D eigenvalue weighted by molar-refractivity contribution is -0.124. The van der Waals surface area contributed by atoms with Gasteiger partial charge < -0.3 is 26.2 Å². The Morgan fingerprint density at radius 1 is 1.16 bits per heavy atom. The summed E-state index contributed by atoms with van der Waals surface area (Å²) in [6.07, 6.45) is -0.482. The van der Waals surface area contributed by atoms with Crippen molar-refractivity contribution in [1.29, 1.82) is 0 Å². The number of halogens is 4. The van der Waals surface area contributed by atoms with Gasteiger partial charge in [0, 0.05) is 30.8 Å². The highest BCUT2D eigenvalue weighted by Gasteiger charge is 2.66. The molecule has 11 heteroatoms. The van der Waals surface area contributed by atoms with Gasteiger partial charge in [-0.3, -0.25) is 9.59 Å². The number of aliphatic hydroxyl groups is 2. The van der Waals surface area contributed by atoms with Crippen LogP contribution in [0.1, 0.15) is 50.7 Å². The predicted molar refractivity (Wildman–Crippen MR) is 141 cm³/mol. The highest BCUT2D eigenvalue weighted by Crippen LogP contribution is 2.57. The summed E-state index contributed by atoms with van der Waals surface area (Å²) >= 11 is 12.2. The van der Waals surface area contributed by atoms with E-state index in [0.717, 1.165) is 0 Å². The van der Waals surface area contributed by atoms with Crippen molar-refractivity contribution in [1.82, 2.24) is 10.6 Å². The molecule has 2 amide bonds. The molecule has 206 valence electrons. The molecular formula is C27H31Cl2F2N3O4. The molecule has 2 heterocycles. The molecule has 1 saturated heterocycles. The van der Waals surface area contributed by atoms with Crippen LogP contribution in [0, 0.1) is 17.0 Å². The summed E-state index contributed by atoms with van der Waals surface area (Å²) in [7, 11) is 0. The molecule has 38 heavy (non-hydrogen) atoms. The van der Waals surface area contributed by atoms with Crippen molar-refractivity contribution in [2.75, 3.05) is 18.5 Å². The molecule has 2 aliphatic rings. The van der Waals surface area contributed by atoms with Gasteiger partial charge in [0.25, 0.3) is 0 Å². The Bertz CT molecular complexity index is 1260. The van der Waals surface area contributed by atoms with Gasteiger partial charge in [0.15, 0.2) is 0 Å². The summed E-state index contributed by atoms with van der Waals surface area (Å²) in [6, 6.07) is 4.91. The van der Waals surface area contributed by atoms with Gasteiger partial charge in [-0.15, -0.1) is 0 Å². The standard InChI is InChI=1S/C27H31Cl2F2N3O4/c1-26(2,3)11-21-27(15-9-19(31)17(29)10-20(15)33-25(27)38)22(13-4-5-18(30)16(28)8-13)23(34-21)24(37)32-12-14(36)6-7-35/h4-5,8-10,14,21-23,34-36H,6-7,11-12H2,1-3H3,(H,32,37)(H,33,38)/t14-,21-,22+,23-,27+/m1/s1. The molecule has 2 aromatic carbocycles. The molecule has 0 bridgehead atoms. The number of aliphatic hydroxyl groups excluding tert-OH is 2. The van der Waals surface area contributed by atoms with Crippen LogP contribution in [0.2, 0.25) is 10.0 Å². The summed E-state index contributed by atoms with van der Waals surface area (Å²) < 4.78 is 29.1. The van der Waals surface area contributed by atoms with Crippen LogP contribution in [0.4, 0.5) is 14.5 Å². The topological polar surface area (TPSA) is 111 Å². The molecule has 5 atom stereocenters. The van der Waals surface area contributed by atoms with Crippen LogP contribution in [0.25, 0.3) is 0 Å². The lowest BCUT2D eigenvalue weighted by Crippen LogP contribution is -2.49. The van der Waals surface area contributed by atoms with Crippen LogP contribution in [0.15, 0.2) is 30.3 Å². The molecular weight excluding hydrogens is 539 g/mol. The number of hydrogen-bond donors (Lipinski definition) is 5. The number of carbonyl (C=O) groups is 2. The van der Waals surface area contributed by atoms with Crippen molar-refractivity contribution in [2.24, 2.45) is 5.41 Å². The van der Waals surface area contributed by atoms with E-state index in [0.29, 0.717) is 23.2 Å². The van der Waals surface area contributed by atoms with Crippen molar-refractivity contribution in [3.8, 4) is 0 Å². The molecule has 0 saturated carbocycles. The molecule has 1 spiro atoms. The molecule has 7 nitrogen and oxygen atoms in total. The van der Waals surface area contributed by atoms with E-state index in [-0.39, 0.29) is 35.0 Å². The molecule has 0 radical (unpaired) electrons. The lowest BCUT2D eigenvalue weighted by atomic mass is 9.62. The Labute approximate surface area is 229 Å². The maximum absolute atomic E-state index is 14.9. The smallest absolute Gasteiger partial charge is 0.237 e. The zero-order valence-corrected chi connectivity index (χ0v) is 22.8. The molecule has 0 aromatic heterocycles. The van der Waals surface area contributed by atoms with Crippen LogP contribution in [-0.2, 0) is 15.0 Å². The third-order valence-electron chi connectivity index (χ3n) is 7.26. The second-order valence-electron chi connectivity index (χ2n) is 11.2. The molecule has 2 aromatic rings. The van der Waals surface area contributed by atoms with Gasteiger partial charge in [-0.1, -0.05) is 50.0 Å². The largest absolute Gasteiger partial charge is 0.396 e. The number of rotatable bonds is 7. The number of hydrogen-bond acceptors (Lipinski definition) is 5. The number of anilines is 1. The highest BCUT2D eigenvalue weighted by atomic mass is 35.5. The normalized spacial score (nSPS) is 25.4. The quantitative estimate of drug-likeness (QED) is 0.347. The van der Waals surface area contributed by atoms with E-state index < -0.39 is 53.0 Å². The Balaban J connectivity index is 1.92. The van der Waals surface area contributed by atoms with E-state index >= 15 is 0 Å². The number of carbonyl (C=O) groups excluding carboxylic acids is 2. The highest BCUT2D eigenvalue weighted by molar-refractivity contribution is 6.31. The summed E-state index contributed by atoms with van der Waals surface area (Å²) in [4.78, 5) is 27.6. The van der Waals surface area contributed by atoms with Gasteiger partial charge in [-0.05, 0) is 53.6 Å². The zero-order chi connectivity index (χ0) is 28.0. The third-order valence-corrected chi connectivity index (χ3v) is 7.84. The number of amides is 2. The minimum atomic E-state index is -1.47. The van der Waals surface area contributed by atoms with Gasteiger partial charge in [-0.25, -0.2) is 8.78 Å². The van der Waals surface area contributed by atoms with Gasteiger partial charge in [0.1, 0.15) is 17.0 Å². The average Bonchev–Trinajstić information content (AvgIpc) is 3.29. The predicted octanol–water partition coefficient (Wildman–Crippen LogP) is 3.88. The monoisotopic (exact) mass is 569 g/mol. The maximum Gasteiger partial charge on any atom is 0.237 e. The van der Waals surface area contributed by atoms with E-state index in [1.165, 1.54) is 30.3 Å². The van der Waals surface area contributed by atoms with Crippen LogP contribution >= 0.6 is 23.2 Å². The van der Waals surface area contributed by atoms with E-state index in [1.807, 2.05) is 20.8 Å². The van der Waals surface area contributed by atoms with Gasteiger partial charge in [0.2, 0.25) is 11.8 Å². The van der Waals surface area contributed by atoms with E-state index in [4.69, 9.17) is 28.3 Å². The first-order valence-corrected chi connectivity index (χ1v) is 13.1. The summed E-state index contributed by atoms with van der Waals surface area (Å²) in [5, 5.41) is 27.6. The van der Waals surface area contributed by atoms with E-state index in [2.05, 4.69) is 16.0 Å². The molecule has 1 fully saturated rings. The Kier molecular flexibility index (Phi) is 8.08. The first kappa shape index (κ1) is 28.7. The average molecular weight is 570 g/mol. The third kappa shape index (κ3) is 5.14. The van der Waals surface area contributed by atoms with Gasteiger partial charge in [-0.2, -0.15) is 0 Å².